The smallest absolute Gasteiger partial charge is 0.191 e. The van der Waals surface area contributed by atoms with Crippen LogP contribution in [0.15, 0.2) is 65.7 Å². The molecular formula is C24H33IN4. The van der Waals surface area contributed by atoms with E-state index in [0.29, 0.717) is 24.0 Å². The second-order valence-corrected chi connectivity index (χ2v) is 8.25. The molecule has 0 aromatic heterocycles. The molecule has 2 aromatic carbocycles. The first-order valence-corrected chi connectivity index (χ1v) is 10.6. The number of nitrogens with one attached hydrogen (secondary N) is 2. The number of hydrogen-bond donors (Lipinski definition) is 2. The van der Waals surface area contributed by atoms with E-state index in [2.05, 4.69) is 88.1 Å². The summed E-state index contributed by atoms with van der Waals surface area (Å²) in [6, 6.07) is 23.2. The lowest BCUT2D eigenvalue weighted by Gasteiger charge is -2.38. The molecule has 2 fully saturated rings. The van der Waals surface area contributed by atoms with Crippen molar-refractivity contribution in [2.75, 3.05) is 13.6 Å². The van der Waals surface area contributed by atoms with E-state index in [0.717, 1.165) is 31.9 Å². The van der Waals surface area contributed by atoms with Gasteiger partial charge in [0, 0.05) is 44.2 Å². The van der Waals surface area contributed by atoms with Gasteiger partial charge in [0.1, 0.15) is 0 Å². The fraction of sp³-hybridized carbons (Fsp3) is 0.458. The van der Waals surface area contributed by atoms with Crippen LogP contribution in [0.25, 0.3) is 0 Å². The maximum Gasteiger partial charge on any atom is 0.191 e. The highest BCUT2D eigenvalue weighted by Gasteiger charge is 2.39. The third-order valence-electron chi connectivity index (χ3n) is 6.15. The van der Waals surface area contributed by atoms with E-state index >= 15 is 0 Å². The zero-order valence-corrected chi connectivity index (χ0v) is 19.8. The number of nitrogens with zero attached hydrogens (tertiary/aromatic N) is 2. The molecule has 5 heteroatoms. The van der Waals surface area contributed by atoms with Crippen LogP contribution in [-0.4, -0.2) is 42.6 Å². The predicted molar refractivity (Wildman–Crippen MR) is 132 cm³/mol. The SMILES string of the molecule is CN=C(NC1CCN(Cc2ccccc2)C(C)C1)NC1CC1c1ccccc1.I. The number of hydrogen-bond acceptors (Lipinski definition) is 2. The third-order valence-corrected chi connectivity index (χ3v) is 6.15. The molecule has 4 unspecified atom stereocenters. The number of rotatable bonds is 5. The van der Waals surface area contributed by atoms with E-state index in [9.17, 15) is 0 Å². The van der Waals surface area contributed by atoms with E-state index in [1.54, 1.807) is 0 Å². The van der Waals surface area contributed by atoms with Crippen LogP contribution in [0.4, 0.5) is 0 Å². The standard InChI is InChI=1S/C24H32N4.HI/c1-18-15-21(13-14-28(18)17-19-9-5-3-6-10-19)26-24(25-2)27-23-16-22(23)20-11-7-4-8-12-20;/h3-12,18,21-23H,13-17H2,1-2H3,(H2,25,26,27);1H. The summed E-state index contributed by atoms with van der Waals surface area (Å²) in [5.41, 5.74) is 2.83. The van der Waals surface area contributed by atoms with Crippen molar-refractivity contribution in [3.63, 3.8) is 0 Å². The highest BCUT2D eigenvalue weighted by atomic mass is 127. The second-order valence-electron chi connectivity index (χ2n) is 8.25. The molecule has 2 aliphatic rings. The van der Waals surface area contributed by atoms with Gasteiger partial charge in [-0.25, -0.2) is 0 Å². The van der Waals surface area contributed by atoms with Crippen LogP contribution < -0.4 is 10.6 Å². The van der Waals surface area contributed by atoms with Gasteiger partial charge in [-0.2, -0.15) is 0 Å². The van der Waals surface area contributed by atoms with Gasteiger partial charge < -0.3 is 10.6 Å². The molecule has 1 saturated carbocycles. The molecular weight excluding hydrogens is 471 g/mol. The molecule has 0 bridgehead atoms. The first kappa shape index (κ1) is 22.1. The van der Waals surface area contributed by atoms with E-state index in [1.165, 1.54) is 17.5 Å². The van der Waals surface area contributed by atoms with Gasteiger partial charge in [0.2, 0.25) is 0 Å². The minimum Gasteiger partial charge on any atom is -0.354 e. The fourth-order valence-corrected chi connectivity index (χ4v) is 4.37. The number of halogens is 1. The normalized spacial score (nSPS) is 27.0. The van der Waals surface area contributed by atoms with Gasteiger partial charge in [-0.3, -0.25) is 9.89 Å². The fourth-order valence-electron chi connectivity index (χ4n) is 4.37. The molecule has 0 spiro atoms. The van der Waals surface area contributed by atoms with Gasteiger partial charge in [0.25, 0.3) is 0 Å². The maximum absolute atomic E-state index is 4.48. The third kappa shape index (κ3) is 5.95. The quantitative estimate of drug-likeness (QED) is 0.361. The largest absolute Gasteiger partial charge is 0.354 e. The average molecular weight is 504 g/mol. The summed E-state index contributed by atoms with van der Waals surface area (Å²) in [6.07, 6.45) is 3.50. The Bertz CT molecular complexity index is 780. The van der Waals surface area contributed by atoms with Gasteiger partial charge in [-0.1, -0.05) is 60.7 Å². The van der Waals surface area contributed by atoms with Crippen LogP contribution in [0.1, 0.15) is 43.2 Å². The van der Waals surface area contributed by atoms with Crippen molar-refractivity contribution >= 4 is 29.9 Å². The van der Waals surface area contributed by atoms with Crippen LogP contribution in [0.2, 0.25) is 0 Å². The van der Waals surface area contributed by atoms with Crippen molar-refractivity contribution in [2.45, 2.75) is 56.8 Å². The van der Waals surface area contributed by atoms with Crippen LogP contribution in [0.3, 0.4) is 0 Å². The number of benzene rings is 2. The second kappa shape index (κ2) is 10.4. The monoisotopic (exact) mass is 504 g/mol. The summed E-state index contributed by atoms with van der Waals surface area (Å²) in [6.45, 7) is 4.52. The molecule has 4 rings (SSSR count). The van der Waals surface area contributed by atoms with Gasteiger partial charge in [-0.15, -0.1) is 24.0 Å². The molecule has 2 N–H and O–H groups in total. The zero-order valence-electron chi connectivity index (χ0n) is 17.4. The Labute approximate surface area is 192 Å². The summed E-state index contributed by atoms with van der Waals surface area (Å²) in [5, 5.41) is 7.30. The van der Waals surface area contributed by atoms with Crippen molar-refractivity contribution in [1.29, 1.82) is 0 Å². The lowest BCUT2D eigenvalue weighted by molar-refractivity contribution is 0.134. The summed E-state index contributed by atoms with van der Waals surface area (Å²) < 4.78 is 0. The summed E-state index contributed by atoms with van der Waals surface area (Å²) in [5.74, 6) is 1.57. The Kier molecular flexibility index (Phi) is 7.95. The van der Waals surface area contributed by atoms with Gasteiger partial charge in [0.05, 0.1) is 0 Å². The molecule has 1 aliphatic carbocycles. The first-order valence-electron chi connectivity index (χ1n) is 10.6. The Morgan fingerprint density at radius 3 is 2.34 bits per heavy atom. The van der Waals surface area contributed by atoms with Crippen molar-refractivity contribution in [3.05, 3.63) is 71.8 Å². The van der Waals surface area contributed by atoms with E-state index < -0.39 is 0 Å². The number of aliphatic imine (C=N–C) groups is 1. The van der Waals surface area contributed by atoms with Crippen LogP contribution in [0.5, 0.6) is 0 Å². The highest BCUT2D eigenvalue weighted by molar-refractivity contribution is 14.0. The zero-order chi connectivity index (χ0) is 19.3. The Morgan fingerprint density at radius 2 is 1.69 bits per heavy atom. The number of piperidine rings is 1. The maximum atomic E-state index is 4.48. The van der Waals surface area contributed by atoms with Crippen molar-refractivity contribution in [1.82, 2.24) is 15.5 Å². The summed E-state index contributed by atoms with van der Waals surface area (Å²) in [7, 11) is 1.88. The summed E-state index contributed by atoms with van der Waals surface area (Å²) in [4.78, 5) is 7.08. The molecule has 2 aromatic rings. The Hall–Kier alpha value is -1.60. The lowest BCUT2D eigenvalue weighted by atomic mass is 9.97. The van der Waals surface area contributed by atoms with Crippen molar-refractivity contribution < 1.29 is 0 Å². The minimum atomic E-state index is 0. The van der Waals surface area contributed by atoms with E-state index in [-0.39, 0.29) is 24.0 Å². The number of guanidine groups is 1. The Balaban J connectivity index is 0.00000240. The molecule has 156 valence electrons. The molecule has 1 heterocycles. The Morgan fingerprint density at radius 1 is 1.00 bits per heavy atom. The minimum absolute atomic E-state index is 0. The topological polar surface area (TPSA) is 39.7 Å². The lowest BCUT2D eigenvalue weighted by Crippen LogP contribution is -2.51. The molecule has 4 atom stereocenters. The van der Waals surface area contributed by atoms with Crippen LogP contribution in [-0.2, 0) is 6.54 Å². The van der Waals surface area contributed by atoms with Gasteiger partial charge in [-0.05, 0) is 37.3 Å². The number of likely N-dealkylation sites (tertiary alicyclic amines) is 1. The van der Waals surface area contributed by atoms with Crippen molar-refractivity contribution in [3.8, 4) is 0 Å². The molecule has 0 amide bonds. The predicted octanol–water partition coefficient (Wildman–Crippen LogP) is 4.38. The highest BCUT2D eigenvalue weighted by Crippen LogP contribution is 2.40. The molecule has 1 saturated heterocycles. The van der Waals surface area contributed by atoms with E-state index in [1.807, 2.05) is 7.05 Å². The summed E-state index contributed by atoms with van der Waals surface area (Å²) >= 11 is 0. The average Bonchev–Trinajstić information content (AvgIpc) is 3.50. The first-order chi connectivity index (χ1) is 13.7. The van der Waals surface area contributed by atoms with E-state index in [4.69, 9.17) is 0 Å². The van der Waals surface area contributed by atoms with Gasteiger partial charge >= 0.3 is 0 Å². The molecule has 4 nitrogen and oxygen atoms in total. The van der Waals surface area contributed by atoms with Crippen LogP contribution in [0, 0.1) is 0 Å². The van der Waals surface area contributed by atoms with Crippen molar-refractivity contribution in [2.24, 2.45) is 4.99 Å². The molecule has 1 aliphatic heterocycles. The van der Waals surface area contributed by atoms with Gasteiger partial charge in [0.15, 0.2) is 5.96 Å². The molecule has 29 heavy (non-hydrogen) atoms. The van der Waals surface area contributed by atoms with Crippen LogP contribution >= 0.6 is 24.0 Å². The molecule has 0 radical (unpaired) electrons.